The van der Waals surface area contributed by atoms with E-state index in [9.17, 15) is 4.39 Å². The van der Waals surface area contributed by atoms with E-state index in [4.69, 9.17) is 10.5 Å². The molecule has 0 radical (unpaired) electrons. The number of ether oxygens (including phenoxy) is 1. The van der Waals surface area contributed by atoms with Gasteiger partial charge in [0.15, 0.2) is 5.75 Å². The van der Waals surface area contributed by atoms with Crippen molar-refractivity contribution >= 4 is 0 Å². The maximum absolute atomic E-state index is 13.2. The van der Waals surface area contributed by atoms with Gasteiger partial charge in [0.05, 0.1) is 12.4 Å². The molecule has 1 aromatic carbocycles. The topological polar surface area (TPSA) is 53.1 Å². The van der Waals surface area contributed by atoms with E-state index in [0.717, 1.165) is 17.7 Å². The molecule has 2 N–H and O–H groups in total. The highest BCUT2D eigenvalue weighted by Gasteiger charge is 2.05. The molecular formula is C13H16FN3O. The fraction of sp³-hybridized carbons (Fsp3) is 0.308. The van der Waals surface area contributed by atoms with Gasteiger partial charge in [-0.3, -0.25) is 4.68 Å². The van der Waals surface area contributed by atoms with Crippen LogP contribution in [0.15, 0.2) is 30.6 Å². The second-order valence-electron chi connectivity index (χ2n) is 3.94. The number of nitrogens with zero attached hydrogens (tertiary/aromatic N) is 2. The molecule has 18 heavy (non-hydrogen) atoms. The molecule has 2 aromatic rings. The summed E-state index contributed by atoms with van der Waals surface area (Å²) < 4.78 is 20.5. The minimum atomic E-state index is -0.282. The van der Waals surface area contributed by atoms with Crippen molar-refractivity contribution in [1.29, 1.82) is 0 Å². The number of benzene rings is 1. The molecule has 96 valence electrons. The van der Waals surface area contributed by atoms with Gasteiger partial charge in [-0.25, -0.2) is 4.39 Å². The van der Waals surface area contributed by atoms with Crippen LogP contribution in [0.3, 0.4) is 0 Å². The van der Waals surface area contributed by atoms with E-state index in [-0.39, 0.29) is 5.82 Å². The van der Waals surface area contributed by atoms with E-state index >= 15 is 0 Å². The van der Waals surface area contributed by atoms with E-state index in [1.54, 1.807) is 23.1 Å². The van der Waals surface area contributed by atoms with Gasteiger partial charge in [0, 0.05) is 13.1 Å². The molecule has 0 spiro atoms. The van der Waals surface area contributed by atoms with Crippen molar-refractivity contribution in [1.82, 2.24) is 9.78 Å². The van der Waals surface area contributed by atoms with Crippen LogP contribution in [0.2, 0.25) is 0 Å². The minimum absolute atomic E-state index is 0.282. The highest BCUT2D eigenvalue weighted by molar-refractivity contribution is 5.28. The number of aromatic nitrogens is 2. The molecule has 1 heterocycles. The lowest BCUT2D eigenvalue weighted by atomic mass is 10.1. The summed E-state index contributed by atoms with van der Waals surface area (Å²) >= 11 is 0. The summed E-state index contributed by atoms with van der Waals surface area (Å²) in [7, 11) is 0. The molecule has 0 fully saturated rings. The first-order chi connectivity index (χ1) is 8.72. The number of hydrogen-bond donors (Lipinski definition) is 1. The SMILES string of the molecule is CCn1cc(OCc2cc(F)ccc2CN)cn1. The van der Waals surface area contributed by atoms with Crippen molar-refractivity contribution in [2.45, 2.75) is 26.6 Å². The molecule has 5 heteroatoms. The summed E-state index contributed by atoms with van der Waals surface area (Å²) in [5, 5.41) is 4.10. The number of nitrogens with two attached hydrogens (primary N) is 1. The van der Waals surface area contributed by atoms with Gasteiger partial charge in [0.25, 0.3) is 0 Å². The first-order valence-electron chi connectivity index (χ1n) is 5.85. The maximum atomic E-state index is 13.2. The lowest BCUT2D eigenvalue weighted by Crippen LogP contribution is -2.05. The van der Waals surface area contributed by atoms with E-state index in [1.807, 2.05) is 6.92 Å². The van der Waals surface area contributed by atoms with Gasteiger partial charge in [0.2, 0.25) is 0 Å². The van der Waals surface area contributed by atoms with Gasteiger partial charge in [-0.05, 0) is 30.2 Å². The van der Waals surface area contributed by atoms with Gasteiger partial charge in [0.1, 0.15) is 12.4 Å². The molecule has 0 aliphatic heterocycles. The third-order valence-corrected chi connectivity index (χ3v) is 2.72. The van der Waals surface area contributed by atoms with Crippen molar-refractivity contribution in [2.24, 2.45) is 5.73 Å². The predicted octanol–water partition coefficient (Wildman–Crippen LogP) is 2.08. The summed E-state index contributed by atoms with van der Waals surface area (Å²) in [5.41, 5.74) is 7.25. The fourth-order valence-corrected chi connectivity index (χ4v) is 1.68. The van der Waals surface area contributed by atoms with Gasteiger partial charge >= 0.3 is 0 Å². The number of rotatable bonds is 5. The second-order valence-corrected chi connectivity index (χ2v) is 3.94. The van der Waals surface area contributed by atoms with Crippen LogP contribution < -0.4 is 10.5 Å². The first kappa shape index (κ1) is 12.6. The van der Waals surface area contributed by atoms with Crippen LogP contribution >= 0.6 is 0 Å². The second kappa shape index (κ2) is 5.64. The summed E-state index contributed by atoms with van der Waals surface area (Å²) in [4.78, 5) is 0. The Morgan fingerprint density at radius 1 is 1.39 bits per heavy atom. The zero-order chi connectivity index (χ0) is 13.0. The summed E-state index contributed by atoms with van der Waals surface area (Å²) in [6, 6.07) is 4.54. The van der Waals surface area contributed by atoms with Gasteiger partial charge in [-0.2, -0.15) is 5.10 Å². The third kappa shape index (κ3) is 2.87. The Bertz CT molecular complexity index is 525. The Morgan fingerprint density at radius 2 is 2.22 bits per heavy atom. The number of halogens is 1. The van der Waals surface area contributed by atoms with Crippen molar-refractivity contribution in [3.63, 3.8) is 0 Å². The average molecular weight is 249 g/mol. The summed E-state index contributed by atoms with van der Waals surface area (Å²) in [6.07, 6.45) is 3.45. The average Bonchev–Trinajstić information content (AvgIpc) is 2.84. The van der Waals surface area contributed by atoms with Gasteiger partial charge in [-0.1, -0.05) is 6.07 Å². The Kier molecular flexibility index (Phi) is 3.94. The highest BCUT2D eigenvalue weighted by atomic mass is 19.1. The number of aryl methyl sites for hydroxylation is 1. The Balaban J connectivity index is 2.07. The first-order valence-corrected chi connectivity index (χ1v) is 5.85. The highest BCUT2D eigenvalue weighted by Crippen LogP contribution is 2.15. The quantitative estimate of drug-likeness (QED) is 0.882. The van der Waals surface area contributed by atoms with Crippen LogP contribution in [-0.2, 0) is 19.7 Å². The molecule has 0 aliphatic rings. The smallest absolute Gasteiger partial charge is 0.157 e. The molecule has 0 amide bonds. The predicted molar refractivity (Wildman–Crippen MR) is 66.5 cm³/mol. The molecular weight excluding hydrogens is 233 g/mol. The van der Waals surface area contributed by atoms with Crippen LogP contribution in [0.25, 0.3) is 0 Å². The van der Waals surface area contributed by atoms with Gasteiger partial charge < -0.3 is 10.5 Å². The van der Waals surface area contributed by atoms with E-state index in [2.05, 4.69) is 5.10 Å². The van der Waals surface area contributed by atoms with Crippen molar-refractivity contribution < 1.29 is 9.13 Å². The Morgan fingerprint density at radius 3 is 2.89 bits per heavy atom. The molecule has 0 saturated heterocycles. The largest absolute Gasteiger partial charge is 0.486 e. The minimum Gasteiger partial charge on any atom is -0.486 e. The molecule has 4 nitrogen and oxygen atoms in total. The van der Waals surface area contributed by atoms with E-state index in [0.29, 0.717) is 18.9 Å². The van der Waals surface area contributed by atoms with Crippen molar-refractivity contribution in [2.75, 3.05) is 0 Å². The fourth-order valence-electron chi connectivity index (χ4n) is 1.68. The molecule has 0 bridgehead atoms. The maximum Gasteiger partial charge on any atom is 0.157 e. The Hall–Kier alpha value is -1.88. The Labute approximate surface area is 105 Å². The van der Waals surface area contributed by atoms with Crippen molar-refractivity contribution in [3.8, 4) is 5.75 Å². The summed E-state index contributed by atoms with van der Waals surface area (Å²) in [5.74, 6) is 0.388. The van der Waals surface area contributed by atoms with Crippen LogP contribution in [0.1, 0.15) is 18.1 Å². The molecule has 2 rings (SSSR count). The zero-order valence-electron chi connectivity index (χ0n) is 10.3. The van der Waals surface area contributed by atoms with Crippen molar-refractivity contribution in [3.05, 3.63) is 47.5 Å². The molecule has 0 atom stereocenters. The van der Waals surface area contributed by atoms with E-state index in [1.165, 1.54) is 12.1 Å². The lowest BCUT2D eigenvalue weighted by Gasteiger charge is -2.08. The van der Waals surface area contributed by atoms with Gasteiger partial charge in [-0.15, -0.1) is 0 Å². The van der Waals surface area contributed by atoms with Crippen LogP contribution in [0.4, 0.5) is 4.39 Å². The lowest BCUT2D eigenvalue weighted by molar-refractivity contribution is 0.304. The zero-order valence-corrected chi connectivity index (χ0v) is 10.3. The molecule has 0 saturated carbocycles. The van der Waals surface area contributed by atoms with Crippen LogP contribution in [0, 0.1) is 5.82 Å². The molecule has 0 aliphatic carbocycles. The monoisotopic (exact) mass is 249 g/mol. The molecule has 0 unspecified atom stereocenters. The number of hydrogen-bond acceptors (Lipinski definition) is 3. The standard InChI is InChI=1S/C13H16FN3O/c1-2-17-8-13(7-16-17)18-9-11-5-12(14)4-3-10(11)6-15/h3-5,7-8H,2,6,9,15H2,1H3. The van der Waals surface area contributed by atoms with E-state index < -0.39 is 0 Å². The normalized spacial score (nSPS) is 10.6. The summed E-state index contributed by atoms with van der Waals surface area (Å²) in [6.45, 7) is 3.44. The molecule has 1 aromatic heterocycles. The van der Waals surface area contributed by atoms with Crippen LogP contribution in [-0.4, -0.2) is 9.78 Å². The third-order valence-electron chi connectivity index (χ3n) is 2.72. The van der Waals surface area contributed by atoms with Crippen LogP contribution in [0.5, 0.6) is 5.75 Å².